The highest BCUT2D eigenvalue weighted by molar-refractivity contribution is 7.19. The number of thiophene rings is 1. The van der Waals surface area contributed by atoms with Crippen molar-refractivity contribution in [1.82, 2.24) is 15.2 Å². The molecule has 0 aliphatic heterocycles. The van der Waals surface area contributed by atoms with Gasteiger partial charge in [-0.15, -0.1) is 11.3 Å². The number of hydrogen-bond donors (Lipinski definition) is 2. The molecule has 0 bridgehead atoms. The zero-order chi connectivity index (χ0) is 12.5. The molecule has 3 aromatic rings. The predicted octanol–water partition coefficient (Wildman–Crippen LogP) is 2.19. The summed E-state index contributed by atoms with van der Waals surface area (Å²) in [5, 5.41) is 5.65. The standard InChI is InChI=1S/C13H14N4S/c1-17-7-6-10(16-17)13(15-14)12-8-9-4-2-3-5-11(9)18-12/h2-8,13,15H,14H2,1H3. The van der Waals surface area contributed by atoms with Crippen LogP contribution in [0.25, 0.3) is 10.1 Å². The molecule has 0 radical (unpaired) electrons. The van der Waals surface area contributed by atoms with Crippen LogP contribution in [0, 0.1) is 0 Å². The zero-order valence-electron chi connectivity index (χ0n) is 10.00. The lowest BCUT2D eigenvalue weighted by Gasteiger charge is -2.10. The summed E-state index contributed by atoms with van der Waals surface area (Å²) in [6.45, 7) is 0. The zero-order valence-corrected chi connectivity index (χ0v) is 10.8. The average Bonchev–Trinajstić information content (AvgIpc) is 2.96. The Bertz CT molecular complexity index is 637. The normalized spacial score (nSPS) is 13.0. The van der Waals surface area contributed by atoms with Crippen molar-refractivity contribution in [2.24, 2.45) is 12.9 Å². The van der Waals surface area contributed by atoms with E-state index in [0.717, 1.165) is 5.69 Å². The third-order valence-corrected chi connectivity index (χ3v) is 4.11. The summed E-state index contributed by atoms with van der Waals surface area (Å²) in [4.78, 5) is 1.18. The molecule has 2 aromatic heterocycles. The van der Waals surface area contributed by atoms with Crippen LogP contribution in [-0.4, -0.2) is 9.78 Å². The summed E-state index contributed by atoms with van der Waals surface area (Å²) < 4.78 is 3.05. The van der Waals surface area contributed by atoms with E-state index in [4.69, 9.17) is 5.84 Å². The highest BCUT2D eigenvalue weighted by atomic mass is 32.1. The van der Waals surface area contributed by atoms with Crippen LogP contribution in [0.5, 0.6) is 0 Å². The van der Waals surface area contributed by atoms with Gasteiger partial charge in [0.2, 0.25) is 0 Å². The molecule has 3 rings (SSSR count). The molecule has 0 amide bonds. The van der Waals surface area contributed by atoms with Crippen molar-refractivity contribution in [3.8, 4) is 0 Å². The van der Waals surface area contributed by atoms with Gasteiger partial charge in [0.1, 0.15) is 0 Å². The summed E-state index contributed by atoms with van der Waals surface area (Å²) >= 11 is 1.74. The first-order valence-electron chi connectivity index (χ1n) is 5.72. The van der Waals surface area contributed by atoms with E-state index in [1.807, 2.05) is 31.4 Å². The van der Waals surface area contributed by atoms with Crippen LogP contribution in [0.2, 0.25) is 0 Å². The van der Waals surface area contributed by atoms with Crippen molar-refractivity contribution >= 4 is 21.4 Å². The molecule has 0 spiro atoms. The molecule has 0 saturated heterocycles. The van der Waals surface area contributed by atoms with Gasteiger partial charge >= 0.3 is 0 Å². The molecule has 1 aromatic carbocycles. The van der Waals surface area contributed by atoms with Gasteiger partial charge in [-0.1, -0.05) is 18.2 Å². The lowest BCUT2D eigenvalue weighted by atomic mass is 10.1. The number of fused-ring (bicyclic) bond motifs is 1. The second-order valence-corrected chi connectivity index (χ2v) is 5.32. The minimum absolute atomic E-state index is 0.0522. The van der Waals surface area contributed by atoms with Crippen molar-refractivity contribution in [3.05, 3.63) is 53.2 Å². The summed E-state index contributed by atoms with van der Waals surface area (Å²) in [5.74, 6) is 5.68. The minimum Gasteiger partial charge on any atom is -0.275 e. The van der Waals surface area contributed by atoms with E-state index in [1.54, 1.807) is 16.0 Å². The molecule has 1 unspecified atom stereocenters. The average molecular weight is 258 g/mol. The van der Waals surface area contributed by atoms with Crippen LogP contribution in [0.1, 0.15) is 16.6 Å². The van der Waals surface area contributed by atoms with Crippen molar-refractivity contribution in [2.75, 3.05) is 0 Å². The number of aryl methyl sites for hydroxylation is 1. The molecule has 18 heavy (non-hydrogen) atoms. The maximum atomic E-state index is 5.68. The highest BCUT2D eigenvalue weighted by Gasteiger charge is 2.17. The fourth-order valence-electron chi connectivity index (χ4n) is 2.04. The van der Waals surface area contributed by atoms with Gasteiger partial charge in [0.15, 0.2) is 0 Å². The smallest absolute Gasteiger partial charge is 0.0992 e. The maximum Gasteiger partial charge on any atom is 0.0992 e. The van der Waals surface area contributed by atoms with E-state index in [0.29, 0.717) is 0 Å². The molecule has 2 heterocycles. The molecule has 4 nitrogen and oxygen atoms in total. The Morgan fingerprint density at radius 3 is 2.83 bits per heavy atom. The highest BCUT2D eigenvalue weighted by Crippen LogP contribution is 2.31. The Morgan fingerprint density at radius 1 is 1.33 bits per heavy atom. The Hall–Kier alpha value is -1.69. The molecule has 92 valence electrons. The summed E-state index contributed by atoms with van der Waals surface area (Å²) in [6, 6.07) is 12.4. The number of nitrogens with zero attached hydrogens (tertiary/aromatic N) is 2. The monoisotopic (exact) mass is 258 g/mol. The second-order valence-electron chi connectivity index (χ2n) is 4.20. The van der Waals surface area contributed by atoms with Gasteiger partial charge in [0, 0.05) is 22.8 Å². The van der Waals surface area contributed by atoms with Crippen LogP contribution in [0.15, 0.2) is 42.6 Å². The Labute approximate surface area is 109 Å². The van der Waals surface area contributed by atoms with Gasteiger partial charge in [0.05, 0.1) is 11.7 Å². The van der Waals surface area contributed by atoms with Crippen LogP contribution < -0.4 is 11.3 Å². The van der Waals surface area contributed by atoms with Crippen LogP contribution in [0.3, 0.4) is 0 Å². The van der Waals surface area contributed by atoms with E-state index in [9.17, 15) is 0 Å². The Balaban J connectivity index is 2.05. The van der Waals surface area contributed by atoms with Crippen LogP contribution in [0.4, 0.5) is 0 Å². The number of rotatable bonds is 3. The third kappa shape index (κ3) is 1.92. The molecule has 3 N–H and O–H groups in total. The van der Waals surface area contributed by atoms with Gasteiger partial charge < -0.3 is 0 Å². The molecule has 0 saturated carbocycles. The minimum atomic E-state index is -0.0522. The van der Waals surface area contributed by atoms with Crippen molar-refractivity contribution in [2.45, 2.75) is 6.04 Å². The predicted molar refractivity (Wildman–Crippen MR) is 74.2 cm³/mol. The summed E-state index contributed by atoms with van der Waals surface area (Å²) in [7, 11) is 1.90. The molecule has 5 heteroatoms. The van der Waals surface area contributed by atoms with Gasteiger partial charge in [-0.2, -0.15) is 5.10 Å². The van der Waals surface area contributed by atoms with Gasteiger partial charge in [-0.3, -0.25) is 10.5 Å². The largest absolute Gasteiger partial charge is 0.275 e. The van der Waals surface area contributed by atoms with E-state index < -0.39 is 0 Å². The fraction of sp³-hybridized carbons (Fsp3) is 0.154. The SMILES string of the molecule is Cn1ccc(C(NN)c2cc3ccccc3s2)n1. The number of benzene rings is 1. The van der Waals surface area contributed by atoms with E-state index in [-0.39, 0.29) is 6.04 Å². The lowest BCUT2D eigenvalue weighted by Crippen LogP contribution is -2.28. The second kappa shape index (κ2) is 4.53. The lowest BCUT2D eigenvalue weighted by molar-refractivity contribution is 0.611. The fourth-order valence-corrected chi connectivity index (χ4v) is 3.18. The first-order valence-corrected chi connectivity index (χ1v) is 6.54. The van der Waals surface area contributed by atoms with Crippen LogP contribution in [-0.2, 0) is 7.05 Å². The van der Waals surface area contributed by atoms with Gasteiger partial charge in [-0.05, 0) is 23.6 Å². The molecule has 0 fully saturated rings. The quantitative estimate of drug-likeness (QED) is 0.559. The van der Waals surface area contributed by atoms with Crippen molar-refractivity contribution in [1.29, 1.82) is 0 Å². The number of hydrazine groups is 1. The van der Waals surface area contributed by atoms with Crippen molar-refractivity contribution in [3.63, 3.8) is 0 Å². The first kappa shape index (κ1) is 11.4. The summed E-state index contributed by atoms with van der Waals surface area (Å²) in [6.07, 6.45) is 1.92. The van der Waals surface area contributed by atoms with Crippen molar-refractivity contribution < 1.29 is 0 Å². The number of nitrogens with one attached hydrogen (secondary N) is 1. The number of hydrogen-bond acceptors (Lipinski definition) is 4. The molecule has 0 aliphatic rings. The number of nitrogens with two attached hydrogens (primary N) is 1. The van der Waals surface area contributed by atoms with E-state index >= 15 is 0 Å². The molecular formula is C13H14N4S. The Morgan fingerprint density at radius 2 is 2.17 bits per heavy atom. The van der Waals surface area contributed by atoms with Gasteiger partial charge in [-0.25, -0.2) is 5.43 Å². The molecule has 0 aliphatic carbocycles. The third-order valence-electron chi connectivity index (χ3n) is 2.93. The van der Waals surface area contributed by atoms with E-state index in [1.165, 1.54) is 15.0 Å². The topological polar surface area (TPSA) is 55.9 Å². The summed E-state index contributed by atoms with van der Waals surface area (Å²) in [5.41, 5.74) is 3.78. The van der Waals surface area contributed by atoms with E-state index in [2.05, 4.69) is 28.7 Å². The maximum absolute atomic E-state index is 5.68. The molecular weight excluding hydrogens is 244 g/mol. The van der Waals surface area contributed by atoms with Gasteiger partial charge in [0.25, 0.3) is 0 Å². The Kier molecular flexibility index (Phi) is 2.87. The first-order chi connectivity index (χ1) is 8.78. The number of aromatic nitrogens is 2. The molecule has 1 atom stereocenters. The van der Waals surface area contributed by atoms with Crippen LogP contribution >= 0.6 is 11.3 Å².